The third-order valence-corrected chi connectivity index (χ3v) is 4.06. The lowest BCUT2D eigenvalue weighted by molar-refractivity contribution is 0.0935. The highest BCUT2D eigenvalue weighted by Crippen LogP contribution is 2.34. The highest BCUT2D eigenvalue weighted by atomic mass is 16.5. The van der Waals surface area contributed by atoms with Gasteiger partial charge in [0.1, 0.15) is 6.17 Å². The Labute approximate surface area is 142 Å². The molecule has 1 atom stereocenters. The number of para-hydroxylation sites is 1. The number of benzene rings is 2. The number of carbonyl (C=O) groups excluding carboxylic acids is 1. The van der Waals surface area contributed by atoms with Gasteiger partial charge in [-0.1, -0.05) is 25.1 Å². The smallest absolute Gasteiger partial charge is 0.255 e. The van der Waals surface area contributed by atoms with Crippen molar-refractivity contribution >= 4 is 11.6 Å². The first-order chi connectivity index (χ1) is 11.6. The Morgan fingerprint density at radius 3 is 2.71 bits per heavy atom. The minimum absolute atomic E-state index is 0.0794. The lowest BCUT2D eigenvalue weighted by atomic mass is 10.0. The van der Waals surface area contributed by atoms with Gasteiger partial charge in [-0.3, -0.25) is 4.79 Å². The van der Waals surface area contributed by atoms with Crippen molar-refractivity contribution in [3.63, 3.8) is 0 Å². The molecule has 0 bridgehead atoms. The quantitative estimate of drug-likeness (QED) is 0.880. The molecule has 1 aliphatic heterocycles. The predicted molar refractivity (Wildman–Crippen MR) is 93.8 cm³/mol. The van der Waals surface area contributed by atoms with E-state index in [0.717, 1.165) is 23.2 Å². The zero-order valence-corrected chi connectivity index (χ0v) is 14.2. The number of fused-ring (bicyclic) bond motifs is 1. The normalized spacial score (nSPS) is 16.0. The Morgan fingerprint density at radius 2 is 1.96 bits per heavy atom. The molecule has 0 spiro atoms. The first-order valence-electron chi connectivity index (χ1n) is 8.11. The SMILES string of the molecule is CCCOc1cc(C2NC(=O)c3cccc(C)c3N2)ccc1OC. The molecule has 126 valence electrons. The second kappa shape index (κ2) is 6.83. The number of hydrogen-bond donors (Lipinski definition) is 2. The molecule has 24 heavy (non-hydrogen) atoms. The molecule has 5 nitrogen and oxygen atoms in total. The number of hydrogen-bond acceptors (Lipinski definition) is 4. The molecule has 0 radical (unpaired) electrons. The maximum Gasteiger partial charge on any atom is 0.255 e. The predicted octanol–water partition coefficient (Wildman–Crippen LogP) is 3.65. The van der Waals surface area contributed by atoms with Gasteiger partial charge >= 0.3 is 0 Å². The molecule has 0 fully saturated rings. The molecule has 5 heteroatoms. The van der Waals surface area contributed by atoms with Gasteiger partial charge in [0.2, 0.25) is 0 Å². The lowest BCUT2D eigenvalue weighted by Crippen LogP contribution is -2.38. The third-order valence-electron chi connectivity index (χ3n) is 4.06. The van der Waals surface area contributed by atoms with Gasteiger partial charge in [-0.25, -0.2) is 0 Å². The van der Waals surface area contributed by atoms with Crippen LogP contribution in [0.4, 0.5) is 5.69 Å². The van der Waals surface area contributed by atoms with Crippen molar-refractivity contribution in [2.75, 3.05) is 19.0 Å². The summed E-state index contributed by atoms with van der Waals surface area (Å²) in [6.07, 6.45) is 0.610. The fourth-order valence-electron chi connectivity index (χ4n) is 2.80. The van der Waals surface area contributed by atoms with E-state index < -0.39 is 0 Å². The van der Waals surface area contributed by atoms with E-state index in [1.807, 2.05) is 43.3 Å². The third kappa shape index (κ3) is 3.02. The van der Waals surface area contributed by atoms with Crippen molar-refractivity contribution in [3.8, 4) is 11.5 Å². The Hall–Kier alpha value is -2.69. The maximum absolute atomic E-state index is 12.4. The fourth-order valence-corrected chi connectivity index (χ4v) is 2.80. The van der Waals surface area contributed by atoms with E-state index in [2.05, 4.69) is 17.6 Å². The number of amides is 1. The summed E-state index contributed by atoms with van der Waals surface area (Å²) in [6, 6.07) is 11.4. The summed E-state index contributed by atoms with van der Waals surface area (Å²) in [5.74, 6) is 1.29. The zero-order chi connectivity index (χ0) is 17.1. The van der Waals surface area contributed by atoms with Gasteiger partial charge in [-0.15, -0.1) is 0 Å². The Morgan fingerprint density at radius 1 is 1.12 bits per heavy atom. The molecule has 1 unspecified atom stereocenters. The van der Waals surface area contributed by atoms with Crippen LogP contribution < -0.4 is 20.1 Å². The second-order valence-corrected chi connectivity index (χ2v) is 5.81. The summed E-state index contributed by atoms with van der Waals surface area (Å²) in [6.45, 7) is 4.66. The van der Waals surface area contributed by atoms with Crippen LogP contribution in [-0.4, -0.2) is 19.6 Å². The molecule has 2 N–H and O–H groups in total. The van der Waals surface area contributed by atoms with Gasteiger partial charge in [-0.2, -0.15) is 0 Å². The molecule has 0 saturated carbocycles. The van der Waals surface area contributed by atoms with Crippen molar-refractivity contribution in [1.29, 1.82) is 0 Å². The summed E-state index contributed by atoms with van der Waals surface area (Å²) in [5, 5.41) is 6.39. The zero-order valence-electron chi connectivity index (χ0n) is 14.2. The van der Waals surface area contributed by atoms with Crippen LogP contribution in [0.2, 0.25) is 0 Å². The van der Waals surface area contributed by atoms with Gasteiger partial charge < -0.3 is 20.1 Å². The average Bonchev–Trinajstić information content (AvgIpc) is 2.60. The largest absolute Gasteiger partial charge is 0.493 e. The monoisotopic (exact) mass is 326 g/mol. The van der Waals surface area contributed by atoms with E-state index in [9.17, 15) is 4.79 Å². The van der Waals surface area contributed by atoms with E-state index in [0.29, 0.717) is 23.7 Å². The fraction of sp³-hybridized carbons (Fsp3) is 0.316. The summed E-state index contributed by atoms with van der Waals surface area (Å²) >= 11 is 0. The van der Waals surface area contributed by atoms with E-state index in [1.54, 1.807) is 7.11 Å². The van der Waals surface area contributed by atoms with E-state index >= 15 is 0 Å². The van der Waals surface area contributed by atoms with Gasteiger partial charge in [0, 0.05) is 0 Å². The molecule has 1 aliphatic rings. The van der Waals surface area contributed by atoms with Gasteiger partial charge in [0.15, 0.2) is 11.5 Å². The number of ether oxygens (including phenoxy) is 2. The average molecular weight is 326 g/mol. The van der Waals surface area contributed by atoms with Crippen LogP contribution in [0.5, 0.6) is 11.5 Å². The molecular weight excluding hydrogens is 304 g/mol. The molecular formula is C19H22N2O3. The molecule has 2 aromatic carbocycles. The topological polar surface area (TPSA) is 59.6 Å². The van der Waals surface area contributed by atoms with Crippen LogP contribution in [0.1, 0.15) is 41.0 Å². The summed E-state index contributed by atoms with van der Waals surface area (Å²) in [7, 11) is 1.62. The van der Waals surface area contributed by atoms with E-state index in [4.69, 9.17) is 9.47 Å². The van der Waals surface area contributed by atoms with Crippen LogP contribution in [0, 0.1) is 6.92 Å². The Kier molecular flexibility index (Phi) is 4.60. The number of methoxy groups -OCH3 is 1. The number of anilines is 1. The number of aryl methyl sites for hydroxylation is 1. The molecule has 0 saturated heterocycles. The minimum atomic E-state index is -0.305. The van der Waals surface area contributed by atoms with E-state index in [1.165, 1.54) is 0 Å². The van der Waals surface area contributed by atoms with Gasteiger partial charge in [-0.05, 0) is 42.7 Å². The summed E-state index contributed by atoms with van der Waals surface area (Å²) in [5.41, 5.74) is 3.51. The number of nitrogens with one attached hydrogen (secondary N) is 2. The standard InChI is InChI=1S/C19H22N2O3/c1-4-10-24-16-11-13(8-9-15(16)23-3)18-20-17-12(2)6-5-7-14(17)19(22)21-18/h5-9,11,18,20H,4,10H2,1-3H3,(H,21,22). The molecule has 1 amide bonds. The maximum atomic E-state index is 12.4. The van der Waals surface area contributed by atoms with Crippen LogP contribution in [-0.2, 0) is 0 Å². The van der Waals surface area contributed by atoms with Crippen molar-refractivity contribution in [1.82, 2.24) is 5.32 Å². The van der Waals surface area contributed by atoms with Crippen LogP contribution >= 0.6 is 0 Å². The van der Waals surface area contributed by atoms with E-state index in [-0.39, 0.29) is 12.1 Å². The number of carbonyl (C=O) groups is 1. The van der Waals surface area contributed by atoms with Crippen LogP contribution in [0.3, 0.4) is 0 Å². The molecule has 3 rings (SSSR count). The second-order valence-electron chi connectivity index (χ2n) is 5.81. The number of rotatable bonds is 5. The van der Waals surface area contributed by atoms with Crippen molar-refractivity contribution in [3.05, 3.63) is 53.1 Å². The van der Waals surface area contributed by atoms with Gasteiger partial charge in [0.25, 0.3) is 5.91 Å². The Balaban J connectivity index is 1.92. The highest BCUT2D eigenvalue weighted by molar-refractivity contribution is 6.02. The van der Waals surface area contributed by atoms with Crippen molar-refractivity contribution in [2.24, 2.45) is 0 Å². The molecule has 2 aromatic rings. The first-order valence-corrected chi connectivity index (χ1v) is 8.11. The summed E-state index contributed by atoms with van der Waals surface area (Å²) < 4.78 is 11.1. The van der Waals surface area contributed by atoms with Gasteiger partial charge in [0.05, 0.1) is 25.0 Å². The lowest BCUT2D eigenvalue weighted by Gasteiger charge is -2.29. The van der Waals surface area contributed by atoms with Crippen molar-refractivity contribution in [2.45, 2.75) is 26.4 Å². The highest BCUT2D eigenvalue weighted by Gasteiger charge is 2.26. The van der Waals surface area contributed by atoms with Crippen LogP contribution in [0.25, 0.3) is 0 Å². The minimum Gasteiger partial charge on any atom is -0.493 e. The Bertz CT molecular complexity index is 758. The molecule has 0 aliphatic carbocycles. The first kappa shape index (κ1) is 16.2. The molecule has 1 heterocycles. The van der Waals surface area contributed by atoms with Crippen LogP contribution in [0.15, 0.2) is 36.4 Å². The molecule has 0 aromatic heterocycles. The van der Waals surface area contributed by atoms with Crippen molar-refractivity contribution < 1.29 is 14.3 Å². The summed E-state index contributed by atoms with van der Waals surface area (Å²) in [4.78, 5) is 12.4.